The topological polar surface area (TPSA) is 24.9 Å². The van der Waals surface area contributed by atoms with Gasteiger partial charge in [0.1, 0.15) is 0 Å². The van der Waals surface area contributed by atoms with Crippen molar-refractivity contribution >= 4 is 11.3 Å². The molecule has 0 saturated carbocycles. The van der Waals surface area contributed by atoms with Crippen molar-refractivity contribution in [2.75, 3.05) is 6.54 Å². The first kappa shape index (κ1) is 12.3. The van der Waals surface area contributed by atoms with E-state index in [0.29, 0.717) is 0 Å². The van der Waals surface area contributed by atoms with E-state index in [0.717, 1.165) is 19.5 Å². The number of nitrogens with zero attached hydrogens (tertiary/aromatic N) is 1. The van der Waals surface area contributed by atoms with Gasteiger partial charge in [-0.3, -0.25) is 0 Å². The summed E-state index contributed by atoms with van der Waals surface area (Å²) in [6, 6.07) is 10.5. The molecule has 1 heterocycles. The van der Waals surface area contributed by atoms with Crippen LogP contribution in [0.3, 0.4) is 0 Å². The SMILES string of the molecule is CCCNCc1cnc(Cc2ccccc2)s1. The minimum Gasteiger partial charge on any atom is -0.312 e. The zero-order chi connectivity index (χ0) is 11.9. The lowest BCUT2D eigenvalue weighted by molar-refractivity contribution is 0.681. The molecule has 90 valence electrons. The molecule has 0 aliphatic rings. The fourth-order valence-electron chi connectivity index (χ4n) is 1.67. The Morgan fingerprint density at radius 2 is 2.06 bits per heavy atom. The molecule has 17 heavy (non-hydrogen) atoms. The van der Waals surface area contributed by atoms with Crippen molar-refractivity contribution in [1.29, 1.82) is 0 Å². The summed E-state index contributed by atoms with van der Waals surface area (Å²) in [4.78, 5) is 5.79. The molecule has 0 atom stereocenters. The molecule has 1 aromatic carbocycles. The van der Waals surface area contributed by atoms with E-state index in [1.807, 2.05) is 12.3 Å². The lowest BCUT2D eigenvalue weighted by atomic mass is 10.2. The van der Waals surface area contributed by atoms with Crippen LogP contribution in [0.15, 0.2) is 36.5 Å². The Morgan fingerprint density at radius 1 is 1.24 bits per heavy atom. The molecule has 0 unspecified atom stereocenters. The molecule has 0 fully saturated rings. The third-order valence-corrected chi connectivity index (χ3v) is 3.52. The van der Waals surface area contributed by atoms with Gasteiger partial charge in [-0.1, -0.05) is 37.3 Å². The minimum atomic E-state index is 0.944. The Labute approximate surface area is 107 Å². The normalized spacial score (nSPS) is 10.6. The molecule has 2 rings (SSSR count). The van der Waals surface area contributed by atoms with Gasteiger partial charge in [-0.15, -0.1) is 11.3 Å². The van der Waals surface area contributed by atoms with Crippen LogP contribution in [0.4, 0.5) is 0 Å². The molecule has 0 saturated heterocycles. The third-order valence-electron chi connectivity index (χ3n) is 2.53. The van der Waals surface area contributed by atoms with E-state index < -0.39 is 0 Å². The molecule has 0 aliphatic carbocycles. The quantitative estimate of drug-likeness (QED) is 0.792. The molecule has 0 aliphatic heterocycles. The molecule has 0 spiro atoms. The first-order valence-corrected chi connectivity index (χ1v) is 6.88. The predicted octanol–water partition coefficient (Wildman–Crippen LogP) is 3.23. The molecule has 0 amide bonds. The van der Waals surface area contributed by atoms with Crippen molar-refractivity contribution in [1.82, 2.24) is 10.3 Å². The molecule has 0 bridgehead atoms. The van der Waals surface area contributed by atoms with Crippen molar-refractivity contribution in [2.45, 2.75) is 26.3 Å². The number of hydrogen-bond acceptors (Lipinski definition) is 3. The van der Waals surface area contributed by atoms with Gasteiger partial charge in [0.2, 0.25) is 0 Å². The first-order valence-electron chi connectivity index (χ1n) is 6.06. The Bertz CT molecular complexity index is 436. The van der Waals surface area contributed by atoms with Crippen LogP contribution in [-0.2, 0) is 13.0 Å². The fraction of sp³-hybridized carbons (Fsp3) is 0.357. The number of hydrogen-bond donors (Lipinski definition) is 1. The zero-order valence-electron chi connectivity index (χ0n) is 10.1. The Kier molecular flexibility index (Phi) is 4.71. The minimum absolute atomic E-state index is 0.944. The van der Waals surface area contributed by atoms with E-state index in [4.69, 9.17) is 0 Å². The number of rotatable bonds is 6. The lowest BCUT2D eigenvalue weighted by Crippen LogP contribution is -2.12. The van der Waals surface area contributed by atoms with Crippen LogP contribution in [0.2, 0.25) is 0 Å². The second kappa shape index (κ2) is 6.52. The van der Waals surface area contributed by atoms with E-state index in [9.17, 15) is 0 Å². The largest absolute Gasteiger partial charge is 0.312 e. The highest BCUT2D eigenvalue weighted by Crippen LogP contribution is 2.16. The van der Waals surface area contributed by atoms with E-state index in [2.05, 4.69) is 41.5 Å². The molecular weight excluding hydrogens is 228 g/mol. The van der Waals surface area contributed by atoms with Crippen LogP contribution >= 0.6 is 11.3 Å². The molecule has 0 radical (unpaired) electrons. The van der Waals surface area contributed by atoms with Crippen LogP contribution < -0.4 is 5.32 Å². The fourth-order valence-corrected chi connectivity index (χ4v) is 2.60. The summed E-state index contributed by atoms with van der Waals surface area (Å²) in [5, 5.41) is 4.60. The van der Waals surface area contributed by atoms with Crippen LogP contribution in [0.5, 0.6) is 0 Å². The maximum Gasteiger partial charge on any atom is 0.0971 e. The van der Waals surface area contributed by atoms with Gasteiger partial charge in [0.15, 0.2) is 0 Å². The molecule has 2 nitrogen and oxygen atoms in total. The van der Waals surface area contributed by atoms with Crippen LogP contribution in [0.1, 0.15) is 28.8 Å². The zero-order valence-corrected chi connectivity index (χ0v) is 11.0. The Balaban J connectivity index is 1.90. The van der Waals surface area contributed by atoms with Gasteiger partial charge < -0.3 is 5.32 Å². The van der Waals surface area contributed by atoms with Crippen LogP contribution in [0.25, 0.3) is 0 Å². The van der Waals surface area contributed by atoms with E-state index in [1.54, 1.807) is 11.3 Å². The van der Waals surface area contributed by atoms with E-state index in [-0.39, 0.29) is 0 Å². The van der Waals surface area contributed by atoms with Crippen molar-refractivity contribution in [3.8, 4) is 0 Å². The monoisotopic (exact) mass is 246 g/mol. The molecule has 1 N–H and O–H groups in total. The molecule has 1 aromatic heterocycles. The number of thiazole rings is 1. The third kappa shape index (κ3) is 3.95. The average molecular weight is 246 g/mol. The number of nitrogens with one attached hydrogen (secondary N) is 1. The van der Waals surface area contributed by atoms with Gasteiger partial charge in [-0.05, 0) is 18.5 Å². The van der Waals surface area contributed by atoms with E-state index in [1.165, 1.54) is 21.9 Å². The maximum absolute atomic E-state index is 4.47. The highest BCUT2D eigenvalue weighted by atomic mass is 32.1. The highest BCUT2D eigenvalue weighted by molar-refractivity contribution is 7.11. The number of benzene rings is 1. The Hall–Kier alpha value is -1.19. The van der Waals surface area contributed by atoms with Gasteiger partial charge in [-0.2, -0.15) is 0 Å². The summed E-state index contributed by atoms with van der Waals surface area (Å²) in [6.07, 6.45) is 4.11. The van der Waals surface area contributed by atoms with Crippen LogP contribution in [-0.4, -0.2) is 11.5 Å². The predicted molar refractivity (Wildman–Crippen MR) is 73.4 cm³/mol. The summed E-state index contributed by atoms with van der Waals surface area (Å²) in [6.45, 7) is 4.20. The maximum atomic E-state index is 4.47. The van der Waals surface area contributed by atoms with Gasteiger partial charge in [-0.25, -0.2) is 4.98 Å². The summed E-state index contributed by atoms with van der Waals surface area (Å²) >= 11 is 1.80. The highest BCUT2D eigenvalue weighted by Gasteiger charge is 2.02. The van der Waals surface area contributed by atoms with E-state index >= 15 is 0 Å². The van der Waals surface area contributed by atoms with Crippen molar-refractivity contribution < 1.29 is 0 Å². The summed E-state index contributed by atoms with van der Waals surface area (Å²) in [5.41, 5.74) is 1.33. The summed E-state index contributed by atoms with van der Waals surface area (Å²) < 4.78 is 0. The van der Waals surface area contributed by atoms with Crippen molar-refractivity contribution in [3.05, 3.63) is 52.0 Å². The Morgan fingerprint density at radius 3 is 2.82 bits per heavy atom. The second-order valence-electron chi connectivity index (χ2n) is 4.06. The molecule has 3 heteroatoms. The summed E-state index contributed by atoms with van der Waals surface area (Å²) in [5.74, 6) is 0. The first-order chi connectivity index (χ1) is 8.38. The number of aromatic nitrogens is 1. The smallest absolute Gasteiger partial charge is 0.0971 e. The lowest BCUT2D eigenvalue weighted by Gasteiger charge is -1.98. The second-order valence-corrected chi connectivity index (χ2v) is 5.26. The van der Waals surface area contributed by atoms with Crippen molar-refractivity contribution in [2.24, 2.45) is 0 Å². The molecule has 2 aromatic rings. The molecular formula is C14H18N2S. The van der Waals surface area contributed by atoms with Gasteiger partial charge >= 0.3 is 0 Å². The standard InChI is InChI=1S/C14H18N2S/c1-2-8-15-10-13-11-16-14(17-13)9-12-6-4-3-5-7-12/h3-7,11,15H,2,8-10H2,1H3. The van der Waals surface area contributed by atoms with Gasteiger partial charge in [0, 0.05) is 24.0 Å². The average Bonchev–Trinajstić information content (AvgIpc) is 2.79. The van der Waals surface area contributed by atoms with Gasteiger partial charge in [0.25, 0.3) is 0 Å². The summed E-state index contributed by atoms with van der Waals surface area (Å²) in [7, 11) is 0. The van der Waals surface area contributed by atoms with Crippen molar-refractivity contribution in [3.63, 3.8) is 0 Å². The van der Waals surface area contributed by atoms with Crippen LogP contribution in [0, 0.1) is 0 Å². The van der Waals surface area contributed by atoms with Gasteiger partial charge in [0.05, 0.1) is 5.01 Å².